The van der Waals surface area contributed by atoms with E-state index in [2.05, 4.69) is 15.5 Å². The first-order valence-electron chi connectivity index (χ1n) is 11.8. The summed E-state index contributed by atoms with van der Waals surface area (Å²) in [4.78, 5) is 24.4. The van der Waals surface area contributed by atoms with Crippen molar-refractivity contribution in [1.82, 2.24) is 0 Å². The van der Waals surface area contributed by atoms with Crippen LogP contribution in [0.25, 0.3) is 0 Å². The largest absolute Gasteiger partial charge is 0.494 e. The summed E-state index contributed by atoms with van der Waals surface area (Å²) in [6.07, 6.45) is 2.59. The maximum atomic E-state index is 12.0. The van der Waals surface area contributed by atoms with E-state index >= 15 is 0 Å². The van der Waals surface area contributed by atoms with E-state index in [0.717, 1.165) is 12.1 Å². The smallest absolute Gasteiger partial charge is 0.272 e. The summed E-state index contributed by atoms with van der Waals surface area (Å²) in [5.74, 6) is 0.0289. The Labute approximate surface area is 219 Å². The second kappa shape index (κ2) is 14.8. The Hall–Kier alpha value is -4.59. The summed E-state index contributed by atoms with van der Waals surface area (Å²) in [5.41, 5.74) is 0.113. The van der Waals surface area contributed by atoms with Crippen molar-refractivity contribution < 1.29 is 24.7 Å². The highest BCUT2D eigenvalue weighted by molar-refractivity contribution is 5.94. The third-order valence-electron chi connectivity index (χ3n) is 5.43. The predicted molar refractivity (Wildman–Crippen MR) is 139 cm³/mol. The molecule has 0 radical (unpaired) electrons. The van der Waals surface area contributed by atoms with E-state index in [1.807, 2.05) is 4.90 Å². The van der Waals surface area contributed by atoms with Gasteiger partial charge in [-0.3, -0.25) is 14.9 Å². The molecule has 0 saturated carbocycles. The molecule has 1 amide bonds. The highest BCUT2D eigenvalue weighted by Gasteiger charge is 2.19. The fourth-order valence-electron chi connectivity index (χ4n) is 3.63. The highest BCUT2D eigenvalue weighted by atomic mass is 16.6. The van der Waals surface area contributed by atoms with Crippen LogP contribution in [0.15, 0.2) is 34.5 Å². The first kappa shape index (κ1) is 29.6. The lowest BCUT2D eigenvalue weighted by Crippen LogP contribution is -2.27. The van der Waals surface area contributed by atoms with Crippen molar-refractivity contribution in [3.63, 3.8) is 0 Å². The Kier molecular flexibility index (Phi) is 11.6. The van der Waals surface area contributed by atoms with Crippen LogP contribution in [0.1, 0.15) is 43.7 Å². The SMILES string of the molecule is COc1cc(N=Nc2c(C#N)cc([N+](=O)[O-])cc2C#N)c(NC(C)=O)cc1N(CCCCO)CCCCO. The molecular formula is C25H29N7O6. The number of hydrogen-bond donors (Lipinski definition) is 3. The predicted octanol–water partition coefficient (Wildman–Crippen LogP) is 4.07. The molecule has 0 atom stereocenters. The number of nitrogens with one attached hydrogen (secondary N) is 1. The van der Waals surface area contributed by atoms with Crippen LogP contribution in [0.5, 0.6) is 5.75 Å². The molecule has 0 aliphatic heterocycles. The van der Waals surface area contributed by atoms with Gasteiger partial charge in [0.1, 0.15) is 29.3 Å². The normalized spacial score (nSPS) is 10.6. The number of nitro groups is 1. The van der Waals surface area contributed by atoms with Crippen molar-refractivity contribution in [1.29, 1.82) is 10.5 Å². The van der Waals surface area contributed by atoms with E-state index in [-0.39, 0.29) is 47.3 Å². The summed E-state index contributed by atoms with van der Waals surface area (Å²) >= 11 is 0. The number of rotatable bonds is 14. The van der Waals surface area contributed by atoms with Crippen molar-refractivity contribution >= 4 is 34.3 Å². The quantitative estimate of drug-likeness (QED) is 0.141. The molecule has 2 aromatic rings. The Bertz CT molecular complexity index is 1220. The van der Waals surface area contributed by atoms with Crippen LogP contribution in [0.4, 0.5) is 28.4 Å². The molecule has 0 spiro atoms. The van der Waals surface area contributed by atoms with Crippen molar-refractivity contribution in [2.24, 2.45) is 10.2 Å². The second-order valence-electron chi connectivity index (χ2n) is 8.14. The first-order chi connectivity index (χ1) is 18.3. The van der Waals surface area contributed by atoms with E-state index in [0.29, 0.717) is 50.2 Å². The summed E-state index contributed by atoms with van der Waals surface area (Å²) in [6.45, 7) is 2.60. The number of amides is 1. The molecule has 0 bridgehead atoms. The number of methoxy groups -OCH3 is 1. The molecule has 0 saturated heterocycles. The van der Waals surface area contributed by atoms with Gasteiger partial charge >= 0.3 is 0 Å². The van der Waals surface area contributed by atoms with Crippen LogP contribution in [-0.2, 0) is 4.79 Å². The second-order valence-corrected chi connectivity index (χ2v) is 8.14. The van der Waals surface area contributed by atoms with Gasteiger partial charge in [-0.25, -0.2) is 0 Å². The molecule has 38 heavy (non-hydrogen) atoms. The van der Waals surface area contributed by atoms with E-state index in [1.54, 1.807) is 24.3 Å². The van der Waals surface area contributed by atoms with Crippen LogP contribution in [0.3, 0.4) is 0 Å². The zero-order valence-electron chi connectivity index (χ0n) is 21.2. The van der Waals surface area contributed by atoms with Gasteiger partial charge in [0.15, 0.2) is 0 Å². The Morgan fingerprint density at radius 3 is 2.08 bits per heavy atom. The molecule has 0 aromatic heterocycles. The zero-order chi connectivity index (χ0) is 28.1. The van der Waals surface area contributed by atoms with Gasteiger partial charge in [-0.1, -0.05) is 0 Å². The van der Waals surface area contributed by atoms with Gasteiger partial charge in [0, 0.05) is 51.4 Å². The minimum absolute atomic E-state index is 0.0517. The molecule has 0 fully saturated rings. The lowest BCUT2D eigenvalue weighted by atomic mass is 10.1. The summed E-state index contributed by atoms with van der Waals surface area (Å²) in [5, 5.41) is 59.4. The van der Waals surface area contributed by atoms with Gasteiger partial charge in [-0.2, -0.15) is 10.5 Å². The number of nitriles is 2. The number of benzene rings is 2. The van der Waals surface area contributed by atoms with Crippen molar-refractivity contribution in [3.05, 3.63) is 45.5 Å². The van der Waals surface area contributed by atoms with Crippen molar-refractivity contribution in [2.45, 2.75) is 32.6 Å². The number of azo groups is 1. The molecular weight excluding hydrogens is 494 g/mol. The molecule has 0 aliphatic carbocycles. The Morgan fingerprint density at radius 1 is 1.05 bits per heavy atom. The third kappa shape index (κ3) is 7.96. The van der Waals surface area contributed by atoms with Crippen LogP contribution >= 0.6 is 0 Å². The molecule has 2 aromatic carbocycles. The number of carbonyl (C=O) groups excluding carboxylic acids is 1. The first-order valence-corrected chi connectivity index (χ1v) is 11.8. The van der Waals surface area contributed by atoms with Crippen LogP contribution in [0.2, 0.25) is 0 Å². The fourth-order valence-corrected chi connectivity index (χ4v) is 3.63. The molecule has 13 nitrogen and oxygen atoms in total. The van der Waals surface area contributed by atoms with Crippen LogP contribution in [0, 0.1) is 32.8 Å². The van der Waals surface area contributed by atoms with Gasteiger partial charge in [0.25, 0.3) is 5.69 Å². The number of unbranched alkanes of at least 4 members (excludes halogenated alkanes) is 2. The maximum Gasteiger partial charge on any atom is 0.272 e. The molecule has 0 unspecified atom stereocenters. The number of aliphatic hydroxyl groups excluding tert-OH is 2. The lowest BCUT2D eigenvalue weighted by Gasteiger charge is -2.27. The van der Waals surface area contributed by atoms with Gasteiger partial charge in [-0.05, 0) is 31.7 Å². The average Bonchev–Trinajstić information content (AvgIpc) is 2.90. The van der Waals surface area contributed by atoms with Crippen LogP contribution < -0.4 is 15.0 Å². The van der Waals surface area contributed by atoms with E-state index in [1.165, 1.54) is 14.0 Å². The molecule has 13 heteroatoms. The van der Waals surface area contributed by atoms with E-state index in [9.17, 15) is 35.6 Å². The van der Waals surface area contributed by atoms with E-state index < -0.39 is 10.6 Å². The highest BCUT2D eigenvalue weighted by Crippen LogP contribution is 2.40. The van der Waals surface area contributed by atoms with Gasteiger partial charge in [-0.15, -0.1) is 10.2 Å². The third-order valence-corrected chi connectivity index (χ3v) is 5.43. The maximum absolute atomic E-state index is 12.0. The Balaban J connectivity index is 2.62. The number of carbonyl (C=O) groups is 1. The van der Waals surface area contributed by atoms with Crippen molar-refractivity contribution in [2.75, 3.05) is 43.6 Å². The number of aliphatic hydroxyl groups is 2. The minimum atomic E-state index is -0.714. The Morgan fingerprint density at radius 2 is 1.63 bits per heavy atom. The van der Waals surface area contributed by atoms with Crippen molar-refractivity contribution in [3.8, 4) is 17.9 Å². The minimum Gasteiger partial charge on any atom is -0.494 e. The number of nitrogens with zero attached hydrogens (tertiary/aromatic N) is 6. The molecule has 200 valence electrons. The summed E-state index contributed by atoms with van der Waals surface area (Å²) in [7, 11) is 1.47. The number of nitro benzene ring substituents is 1. The summed E-state index contributed by atoms with van der Waals surface area (Å²) in [6, 6.07) is 8.81. The standard InChI is InChI=1S/C25H29N7O6/c1-17(35)28-21-13-23(31(7-3-5-9-33)8-4-6-10-34)24(38-2)14-22(21)29-30-25-18(15-26)11-20(32(36)37)12-19(25)16-27/h11-14,33-34H,3-10H2,1-2H3,(H,28,35). The fraction of sp³-hybridized carbons (Fsp3) is 0.400. The van der Waals surface area contributed by atoms with Crippen LogP contribution in [-0.4, -0.2) is 54.5 Å². The zero-order valence-corrected chi connectivity index (χ0v) is 21.2. The monoisotopic (exact) mass is 523 g/mol. The molecule has 0 aliphatic rings. The topological polar surface area (TPSA) is 197 Å². The van der Waals surface area contributed by atoms with Gasteiger partial charge in [0.2, 0.25) is 5.91 Å². The summed E-state index contributed by atoms with van der Waals surface area (Å²) < 4.78 is 5.59. The molecule has 0 heterocycles. The molecule has 3 N–H and O–H groups in total. The number of hydrogen-bond acceptors (Lipinski definition) is 11. The average molecular weight is 524 g/mol. The van der Waals surface area contributed by atoms with Gasteiger partial charge < -0.3 is 25.2 Å². The van der Waals surface area contributed by atoms with E-state index in [4.69, 9.17) is 4.74 Å². The van der Waals surface area contributed by atoms with Gasteiger partial charge in [0.05, 0.1) is 34.5 Å². The molecule has 2 rings (SSSR count). The number of anilines is 2. The number of non-ortho nitro benzene ring substituents is 1. The number of ether oxygens (including phenoxy) is 1. The lowest BCUT2D eigenvalue weighted by molar-refractivity contribution is -0.384.